The number of nitrogens with zero attached hydrogens (tertiary/aromatic N) is 2. The Morgan fingerprint density at radius 1 is 1.00 bits per heavy atom. The van der Waals surface area contributed by atoms with E-state index in [0.717, 1.165) is 24.8 Å². The molecule has 0 aliphatic carbocycles. The highest BCUT2D eigenvalue weighted by molar-refractivity contribution is 7.92. The Morgan fingerprint density at radius 3 is 2.18 bits per heavy atom. The molecule has 1 heterocycles. The van der Waals surface area contributed by atoms with Crippen LogP contribution in [0.2, 0.25) is 0 Å². The zero-order valence-corrected chi connectivity index (χ0v) is 17.1. The van der Waals surface area contributed by atoms with Crippen LogP contribution in [-0.4, -0.2) is 46.0 Å². The molecule has 1 saturated heterocycles. The number of piperidine rings is 1. The number of carbonyl (C=O) groups is 1. The monoisotopic (exact) mass is 402 g/mol. The van der Waals surface area contributed by atoms with E-state index in [-0.39, 0.29) is 17.3 Å². The number of hydrogen-bond donors (Lipinski definition) is 0. The summed E-state index contributed by atoms with van der Waals surface area (Å²) in [5.74, 6) is 0.405. The predicted molar refractivity (Wildman–Crippen MR) is 109 cm³/mol. The van der Waals surface area contributed by atoms with Crippen LogP contribution in [0.15, 0.2) is 53.4 Å². The molecule has 2 aromatic rings. The van der Waals surface area contributed by atoms with Gasteiger partial charge >= 0.3 is 0 Å². The number of sulfonamides is 1. The molecule has 1 aliphatic rings. The van der Waals surface area contributed by atoms with Crippen molar-refractivity contribution in [3.05, 3.63) is 54.1 Å². The first-order valence-corrected chi connectivity index (χ1v) is 10.9. The van der Waals surface area contributed by atoms with E-state index in [1.54, 1.807) is 29.2 Å². The van der Waals surface area contributed by atoms with E-state index in [4.69, 9.17) is 4.74 Å². The van der Waals surface area contributed by atoms with Crippen molar-refractivity contribution in [1.29, 1.82) is 0 Å². The Labute approximate surface area is 166 Å². The highest BCUT2D eigenvalue weighted by Gasteiger charge is 2.29. The van der Waals surface area contributed by atoms with Crippen molar-refractivity contribution in [3.8, 4) is 5.75 Å². The van der Waals surface area contributed by atoms with Crippen LogP contribution in [0.4, 0.5) is 5.69 Å². The molecule has 0 unspecified atom stereocenters. The fourth-order valence-electron chi connectivity index (χ4n) is 3.27. The molecule has 2 aromatic carbocycles. The van der Waals surface area contributed by atoms with Gasteiger partial charge in [-0.05, 0) is 62.6 Å². The van der Waals surface area contributed by atoms with Crippen molar-refractivity contribution in [2.24, 2.45) is 0 Å². The van der Waals surface area contributed by atoms with E-state index < -0.39 is 10.0 Å². The highest BCUT2D eigenvalue weighted by Crippen LogP contribution is 2.26. The summed E-state index contributed by atoms with van der Waals surface area (Å²) in [6.45, 7) is 3.09. The summed E-state index contributed by atoms with van der Waals surface area (Å²) in [6, 6.07) is 13.4. The van der Waals surface area contributed by atoms with E-state index in [1.165, 1.54) is 23.5 Å². The number of benzene rings is 2. The molecule has 0 N–H and O–H groups in total. The molecular weight excluding hydrogens is 376 g/mol. The zero-order chi connectivity index (χ0) is 20.1. The van der Waals surface area contributed by atoms with Gasteiger partial charge in [0, 0.05) is 13.1 Å². The average molecular weight is 403 g/mol. The first-order valence-electron chi connectivity index (χ1n) is 9.43. The number of likely N-dealkylation sites (tertiary alicyclic amines) is 1. The van der Waals surface area contributed by atoms with Crippen molar-refractivity contribution in [3.63, 3.8) is 0 Å². The molecule has 6 nitrogen and oxygen atoms in total. The third-order valence-corrected chi connectivity index (χ3v) is 6.75. The molecule has 1 fully saturated rings. The molecule has 1 aliphatic heterocycles. The molecule has 0 bridgehead atoms. The predicted octanol–water partition coefficient (Wildman–Crippen LogP) is 3.21. The maximum Gasteiger partial charge on any atom is 0.264 e. The number of rotatable bonds is 6. The van der Waals surface area contributed by atoms with Crippen LogP contribution < -0.4 is 9.04 Å². The van der Waals surface area contributed by atoms with Crippen molar-refractivity contribution in [1.82, 2.24) is 4.90 Å². The van der Waals surface area contributed by atoms with Gasteiger partial charge in [-0.3, -0.25) is 9.10 Å². The van der Waals surface area contributed by atoms with Crippen molar-refractivity contribution in [2.75, 3.05) is 31.0 Å². The van der Waals surface area contributed by atoms with Crippen molar-refractivity contribution < 1.29 is 17.9 Å². The van der Waals surface area contributed by atoms with Crippen molar-refractivity contribution in [2.45, 2.75) is 31.1 Å². The maximum atomic E-state index is 13.4. The number of aryl methyl sites for hydroxylation is 1. The zero-order valence-electron chi connectivity index (χ0n) is 16.3. The van der Waals surface area contributed by atoms with Crippen LogP contribution in [-0.2, 0) is 14.8 Å². The van der Waals surface area contributed by atoms with Crippen molar-refractivity contribution >= 4 is 21.6 Å². The second-order valence-electron chi connectivity index (χ2n) is 6.96. The summed E-state index contributed by atoms with van der Waals surface area (Å²) in [6.07, 6.45) is 3.03. The van der Waals surface area contributed by atoms with Gasteiger partial charge in [-0.15, -0.1) is 0 Å². The van der Waals surface area contributed by atoms with E-state index in [9.17, 15) is 13.2 Å². The highest BCUT2D eigenvalue weighted by atomic mass is 32.2. The van der Waals surface area contributed by atoms with Gasteiger partial charge in [0.2, 0.25) is 5.91 Å². The fraction of sp³-hybridized carbons (Fsp3) is 0.381. The Bertz CT molecular complexity index is 902. The normalized spacial score (nSPS) is 14.6. The lowest BCUT2D eigenvalue weighted by Crippen LogP contribution is -2.44. The summed E-state index contributed by atoms with van der Waals surface area (Å²) < 4.78 is 33.0. The second kappa shape index (κ2) is 8.65. The topological polar surface area (TPSA) is 66.9 Å². The summed E-state index contributed by atoms with van der Waals surface area (Å²) in [4.78, 5) is 14.7. The van der Waals surface area contributed by atoms with E-state index in [2.05, 4.69) is 0 Å². The van der Waals surface area contributed by atoms with Crippen LogP contribution in [0.3, 0.4) is 0 Å². The summed E-state index contributed by atoms with van der Waals surface area (Å²) in [5.41, 5.74) is 1.50. The number of hydrogen-bond acceptors (Lipinski definition) is 4. The molecule has 0 spiro atoms. The van der Waals surface area contributed by atoms with Gasteiger partial charge in [-0.2, -0.15) is 0 Å². The third-order valence-electron chi connectivity index (χ3n) is 4.96. The smallest absolute Gasteiger partial charge is 0.264 e. The largest absolute Gasteiger partial charge is 0.497 e. The van der Waals surface area contributed by atoms with E-state index in [0.29, 0.717) is 24.5 Å². The number of carbonyl (C=O) groups excluding carboxylic acids is 1. The number of amides is 1. The fourth-order valence-corrected chi connectivity index (χ4v) is 4.68. The lowest BCUT2D eigenvalue weighted by Gasteiger charge is -2.30. The maximum absolute atomic E-state index is 13.4. The average Bonchev–Trinajstić information content (AvgIpc) is 2.73. The van der Waals surface area contributed by atoms with E-state index in [1.807, 2.05) is 19.1 Å². The number of methoxy groups -OCH3 is 1. The number of ether oxygens (including phenoxy) is 1. The van der Waals surface area contributed by atoms with Crippen LogP contribution in [0.1, 0.15) is 24.8 Å². The van der Waals surface area contributed by atoms with Gasteiger partial charge in [-0.1, -0.05) is 17.7 Å². The molecule has 0 atom stereocenters. The molecule has 150 valence electrons. The Kier molecular flexibility index (Phi) is 6.24. The molecule has 7 heteroatoms. The summed E-state index contributed by atoms with van der Waals surface area (Å²) >= 11 is 0. The van der Waals surface area contributed by atoms with Gasteiger partial charge in [0.25, 0.3) is 10.0 Å². The SMILES string of the molecule is COc1ccc(S(=O)(=O)N(CC(=O)N2CCCCC2)c2ccc(C)cc2)cc1. The minimum atomic E-state index is -3.90. The first-order chi connectivity index (χ1) is 13.4. The lowest BCUT2D eigenvalue weighted by molar-refractivity contribution is -0.130. The van der Waals surface area contributed by atoms with Crippen LogP contribution in [0.25, 0.3) is 0 Å². The standard InChI is InChI=1S/C21H26N2O4S/c1-17-6-8-18(9-7-17)23(16-21(24)22-14-4-3-5-15-22)28(25,26)20-12-10-19(27-2)11-13-20/h6-13H,3-5,14-16H2,1-2H3. The molecule has 28 heavy (non-hydrogen) atoms. The molecule has 1 amide bonds. The van der Waals surface area contributed by atoms with E-state index >= 15 is 0 Å². The summed E-state index contributed by atoms with van der Waals surface area (Å²) in [7, 11) is -2.37. The van der Waals surface area contributed by atoms with Crippen LogP contribution >= 0.6 is 0 Å². The first kappa shape index (κ1) is 20.2. The minimum Gasteiger partial charge on any atom is -0.497 e. The van der Waals surface area contributed by atoms with Gasteiger partial charge in [0.15, 0.2) is 0 Å². The van der Waals surface area contributed by atoms with Gasteiger partial charge in [0.05, 0.1) is 17.7 Å². The molecular formula is C21H26N2O4S. The molecule has 0 aromatic heterocycles. The van der Waals surface area contributed by atoms with Gasteiger partial charge < -0.3 is 9.64 Å². The minimum absolute atomic E-state index is 0.125. The number of anilines is 1. The third kappa shape index (κ3) is 4.47. The summed E-state index contributed by atoms with van der Waals surface area (Å²) in [5, 5.41) is 0. The van der Waals surface area contributed by atoms with Gasteiger partial charge in [0.1, 0.15) is 12.3 Å². The van der Waals surface area contributed by atoms with Crippen LogP contribution in [0, 0.1) is 6.92 Å². The molecule has 0 saturated carbocycles. The Morgan fingerprint density at radius 2 is 1.61 bits per heavy atom. The van der Waals surface area contributed by atoms with Crippen LogP contribution in [0.5, 0.6) is 5.75 Å². The lowest BCUT2D eigenvalue weighted by atomic mass is 10.1. The Balaban J connectivity index is 1.94. The second-order valence-corrected chi connectivity index (χ2v) is 8.83. The quantitative estimate of drug-likeness (QED) is 0.744. The van der Waals surface area contributed by atoms with Gasteiger partial charge in [-0.25, -0.2) is 8.42 Å². The molecule has 0 radical (unpaired) electrons. The Hall–Kier alpha value is -2.54. The molecule has 3 rings (SSSR count).